The Balaban J connectivity index is 2.18. The number of aromatic nitrogens is 2. The van der Waals surface area contributed by atoms with Gasteiger partial charge in [0.2, 0.25) is 0 Å². The van der Waals surface area contributed by atoms with Gasteiger partial charge in [-0.05, 0) is 18.4 Å². The normalized spacial score (nSPS) is 12.1. The van der Waals surface area contributed by atoms with Crippen molar-refractivity contribution in [3.63, 3.8) is 0 Å². The van der Waals surface area contributed by atoms with E-state index in [1.54, 1.807) is 23.7 Å². The SMILES string of the molecule is CC(c1cccs1)N(C)c1cnc(C(N)=S)cn1. The number of rotatable bonds is 4. The molecule has 0 radical (unpaired) electrons. The number of thiocarbonyl (C=S) groups is 1. The van der Waals surface area contributed by atoms with Gasteiger partial charge in [0, 0.05) is 11.9 Å². The predicted octanol–water partition coefficient (Wildman–Crippen LogP) is 2.37. The molecule has 1 atom stereocenters. The highest BCUT2D eigenvalue weighted by Crippen LogP contribution is 2.26. The summed E-state index contributed by atoms with van der Waals surface area (Å²) in [7, 11) is 1.99. The highest BCUT2D eigenvalue weighted by atomic mass is 32.1. The Bertz CT molecular complexity index is 522. The van der Waals surface area contributed by atoms with Crippen LogP contribution < -0.4 is 10.6 Å². The molecule has 18 heavy (non-hydrogen) atoms. The van der Waals surface area contributed by atoms with Gasteiger partial charge in [0.1, 0.15) is 16.5 Å². The summed E-state index contributed by atoms with van der Waals surface area (Å²) in [4.78, 5) is 12.2. The minimum atomic E-state index is 0.259. The van der Waals surface area contributed by atoms with Crippen molar-refractivity contribution in [3.05, 3.63) is 40.5 Å². The molecular formula is C12H14N4S2. The molecule has 0 spiro atoms. The summed E-state index contributed by atoms with van der Waals surface area (Å²) < 4.78 is 0. The van der Waals surface area contributed by atoms with Gasteiger partial charge >= 0.3 is 0 Å². The molecule has 2 heterocycles. The number of anilines is 1. The molecule has 0 aromatic carbocycles. The molecular weight excluding hydrogens is 264 g/mol. The highest BCUT2D eigenvalue weighted by Gasteiger charge is 2.14. The fourth-order valence-corrected chi connectivity index (χ4v) is 2.48. The Morgan fingerprint density at radius 2 is 2.22 bits per heavy atom. The van der Waals surface area contributed by atoms with E-state index in [1.807, 2.05) is 13.1 Å². The lowest BCUT2D eigenvalue weighted by Gasteiger charge is -2.24. The van der Waals surface area contributed by atoms with E-state index in [2.05, 4.69) is 33.2 Å². The lowest BCUT2D eigenvalue weighted by molar-refractivity contribution is 0.739. The third-order valence-corrected chi connectivity index (χ3v) is 4.04. The van der Waals surface area contributed by atoms with Crippen molar-refractivity contribution in [2.45, 2.75) is 13.0 Å². The summed E-state index contributed by atoms with van der Waals surface area (Å²) in [6, 6.07) is 4.42. The molecule has 0 aliphatic carbocycles. The van der Waals surface area contributed by atoms with Crippen molar-refractivity contribution < 1.29 is 0 Å². The molecule has 4 nitrogen and oxygen atoms in total. The highest BCUT2D eigenvalue weighted by molar-refractivity contribution is 7.80. The zero-order chi connectivity index (χ0) is 13.1. The molecule has 0 aliphatic heterocycles. The van der Waals surface area contributed by atoms with Crippen LogP contribution in [0.25, 0.3) is 0 Å². The zero-order valence-corrected chi connectivity index (χ0v) is 11.8. The molecule has 0 amide bonds. The number of hydrogen-bond donors (Lipinski definition) is 1. The topological polar surface area (TPSA) is 55.0 Å². The van der Waals surface area contributed by atoms with Crippen LogP contribution in [0.1, 0.15) is 23.5 Å². The van der Waals surface area contributed by atoms with Crippen LogP contribution in [0, 0.1) is 0 Å². The van der Waals surface area contributed by atoms with Crippen LogP contribution >= 0.6 is 23.6 Å². The molecule has 94 valence electrons. The van der Waals surface area contributed by atoms with E-state index in [4.69, 9.17) is 18.0 Å². The van der Waals surface area contributed by atoms with Crippen LogP contribution in [0.15, 0.2) is 29.9 Å². The summed E-state index contributed by atoms with van der Waals surface area (Å²) in [6.45, 7) is 2.13. The standard InChI is InChI=1S/C12H14N4S2/c1-8(10-4-3-5-18-10)16(2)11-7-14-9(6-15-11)12(13)17/h3-8H,1-2H3,(H2,13,17). The third kappa shape index (κ3) is 2.65. The van der Waals surface area contributed by atoms with Crippen LogP contribution in [0.2, 0.25) is 0 Å². The van der Waals surface area contributed by atoms with Crippen molar-refractivity contribution in [2.75, 3.05) is 11.9 Å². The molecule has 2 aromatic heterocycles. The Morgan fingerprint density at radius 1 is 1.44 bits per heavy atom. The van der Waals surface area contributed by atoms with Crippen molar-refractivity contribution in [1.82, 2.24) is 9.97 Å². The van der Waals surface area contributed by atoms with Gasteiger partial charge in [0.05, 0.1) is 18.4 Å². The Labute approximate surface area is 115 Å². The average molecular weight is 278 g/mol. The van der Waals surface area contributed by atoms with Gasteiger partial charge in [-0.15, -0.1) is 11.3 Å². The van der Waals surface area contributed by atoms with Gasteiger partial charge in [-0.25, -0.2) is 9.97 Å². The fourth-order valence-electron chi connectivity index (χ4n) is 1.55. The largest absolute Gasteiger partial charge is 0.388 e. The van der Waals surface area contributed by atoms with Gasteiger partial charge in [0.15, 0.2) is 0 Å². The Hall–Kier alpha value is -1.53. The first-order chi connectivity index (χ1) is 8.59. The van der Waals surface area contributed by atoms with Crippen molar-refractivity contribution in [2.24, 2.45) is 5.73 Å². The van der Waals surface area contributed by atoms with Crippen LogP contribution in [-0.2, 0) is 0 Å². The second-order valence-electron chi connectivity index (χ2n) is 3.93. The van der Waals surface area contributed by atoms with Crippen molar-refractivity contribution in [1.29, 1.82) is 0 Å². The maximum atomic E-state index is 5.49. The number of nitrogens with two attached hydrogens (primary N) is 1. The third-order valence-electron chi connectivity index (χ3n) is 2.79. The van der Waals surface area contributed by atoms with E-state index in [1.165, 1.54) is 4.88 Å². The number of nitrogens with zero attached hydrogens (tertiary/aromatic N) is 3. The maximum Gasteiger partial charge on any atom is 0.147 e. The number of hydrogen-bond acceptors (Lipinski definition) is 5. The van der Waals surface area contributed by atoms with E-state index in [0.717, 1.165) is 5.82 Å². The molecule has 0 saturated heterocycles. The van der Waals surface area contributed by atoms with E-state index >= 15 is 0 Å². The smallest absolute Gasteiger partial charge is 0.147 e. The number of thiophene rings is 1. The molecule has 2 aromatic rings. The summed E-state index contributed by atoms with van der Waals surface area (Å²) in [5.74, 6) is 0.802. The first-order valence-electron chi connectivity index (χ1n) is 5.47. The Morgan fingerprint density at radius 3 is 2.72 bits per heavy atom. The monoisotopic (exact) mass is 278 g/mol. The lowest BCUT2D eigenvalue weighted by atomic mass is 10.2. The van der Waals surface area contributed by atoms with Gasteiger partial charge in [-0.3, -0.25) is 0 Å². The summed E-state index contributed by atoms with van der Waals surface area (Å²) in [5, 5.41) is 2.07. The second kappa shape index (κ2) is 5.41. The molecule has 0 bridgehead atoms. The maximum absolute atomic E-state index is 5.49. The Kier molecular flexibility index (Phi) is 3.88. The molecule has 0 saturated carbocycles. The van der Waals surface area contributed by atoms with Crippen molar-refractivity contribution in [3.8, 4) is 0 Å². The molecule has 2 N–H and O–H groups in total. The van der Waals surface area contributed by atoms with E-state index in [-0.39, 0.29) is 11.0 Å². The summed E-state index contributed by atoms with van der Waals surface area (Å²) >= 11 is 6.58. The molecule has 0 fully saturated rings. The van der Waals surface area contributed by atoms with Gasteiger partial charge in [-0.1, -0.05) is 18.3 Å². The minimum Gasteiger partial charge on any atom is -0.388 e. The van der Waals surface area contributed by atoms with Crippen molar-refractivity contribution >= 4 is 34.4 Å². The first-order valence-corrected chi connectivity index (χ1v) is 6.76. The average Bonchev–Trinajstić information content (AvgIpc) is 2.91. The van der Waals surface area contributed by atoms with Crippen LogP contribution in [-0.4, -0.2) is 22.0 Å². The molecule has 1 unspecified atom stereocenters. The molecule has 0 aliphatic rings. The van der Waals surface area contributed by atoms with Gasteiger partial charge < -0.3 is 10.6 Å². The summed E-state index contributed by atoms with van der Waals surface area (Å²) in [6.07, 6.45) is 3.30. The molecule has 6 heteroatoms. The van der Waals surface area contributed by atoms with Crippen LogP contribution in [0.3, 0.4) is 0 Å². The first kappa shape index (κ1) is 12.9. The van der Waals surface area contributed by atoms with Crippen LogP contribution in [0.4, 0.5) is 5.82 Å². The van der Waals surface area contributed by atoms with E-state index in [0.29, 0.717) is 5.69 Å². The van der Waals surface area contributed by atoms with Gasteiger partial charge in [0.25, 0.3) is 0 Å². The van der Waals surface area contributed by atoms with E-state index in [9.17, 15) is 0 Å². The predicted molar refractivity (Wildman–Crippen MR) is 79.1 cm³/mol. The zero-order valence-electron chi connectivity index (χ0n) is 10.2. The quantitative estimate of drug-likeness (QED) is 0.870. The molecule has 2 rings (SSSR count). The van der Waals surface area contributed by atoms with Gasteiger partial charge in [-0.2, -0.15) is 0 Å². The fraction of sp³-hybridized carbons (Fsp3) is 0.250. The lowest BCUT2D eigenvalue weighted by Crippen LogP contribution is -2.22. The minimum absolute atomic E-state index is 0.259. The van der Waals surface area contributed by atoms with Crippen LogP contribution in [0.5, 0.6) is 0 Å². The summed E-state index contributed by atoms with van der Waals surface area (Å²) in [5.41, 5.74) is 6.04. The van der Waals surface area contributed by atoms with E-state index < -0.39 is 0 Å². The second-order valence-corrected chi connectivity index (χ2v) is 5.35.